The third kappa shape index (κ3) is 2.85. The molecule has 0 fully saturated rings. The zero-order valence-corrected chi connectivity index (χ0v) is 18.2. The van der Waals surface area contributed by atoms with Crippen LogP contribution in [0.1, 0.15) is 5.82 Å². The van der Waals surface area contributed by atoms with Crippen LogP contribution in [0.15, 0.2) is 109 Å². The van der Waals surface area contributed by atoms with E-state index in [0.29, 0.717) is 6.16 Å². The van der Waals surface area contributed by atoms with Crippen LogP contribution in [-0.4, -0.2) is 9.38 Å². The first-order valence-corrected chi connectivity index (χ1v) is 13.7. The van der Waals surface area contributed by atoms with E-state index in [9.17, 15) is 0 Å². The van der Waals surface area contributed by atoms with Crippen molar-refractivity contribution in [2.24, 2.45) is 0 Å². The number of halogens is 1. The molecule has 0 saturated carbocycles. The first kappa shape index (κ1) is 18.6. The van der Waals surface area contributed by atoms with Crippen molar-refractivity contribution in [1.29, 1.82) is 0 Å². The van der Waals surface area contributed by atoms with Gasteiger partial charge < -0.3 is 0 Å². The number of aromatic nitrogens is 2. The second kappa shape index (κ2) is 7.11. The molecule has 5 heteroatoms. The van der Waals surface area contributed by atoms with E-state index in [1.54, 1.807) is 11.3 Å². The Morgan fingerprint density at radius 2 is 1.24 bits per heavy atom. The number of thiazole rings is 1. The molecular formula is C24H20ClN2PS. The zero-order valence-electron chi connectivity index (χ0n) is 15.7. The van der Waals surface area contributed by atoms with Crippen LogP contribution < -0.4 is 15.9 Å². The molecule has 2 aromatic heterocycles. The quantitative estimate of drug-likeness (QED) is 0.330. The first-order chi connectivity index (χ1) is 14.2. The topological polar surface area (TPSA) is 17.3 Å². The predicted octanol–water partition coefficient (Wildman–Crippen LogP) is 5.58. The summed E-state index contributed by atoms with van der Waals surface area (Å²) in [5, 5.41) is 5.57. The van der Waals surface area contributed by atoms with Crippen molar-refractivity contribution >= 4 is 49.3 Å². The molecule has 0 bridgehead atoms. The Balaban J connectivity index is 1.88. The third-order valence-corrected chi connectivity index (χ3v) is 13.5. The van der Waals surface area contributed by atoms with Gasteiger partial charge >= 0.3 is 179 Å². The van der Waals surface area contributed by atoms with Gasteiger partial charge in [0.2, 0.25) is 0 Å². The van der Waals surface area contributed by atoms with Gasteiger partial charge in [-0.2, -0.15) is 0 Å². The van der Waals surface area contributed by atoms with Crippen LogP contribution in [0.3, 0.4) is 0 Å². The van der Waals surface area contributed by atoms with Gasteiger partial charge in [-0.15, -0.1) is 0 Å². The summed E-state index contributed by atoms with van der Waals surface area (Å²) in [5.41, 5.74) is 0. The van der Waals surface area contributed by atoms with Crippen LogP contribution in [0.4, 0.5) is 0 Å². The van der Waals surface area contributed by atoms with Crippen LogP contribution in [0.2, 0.25) is 0 Å². The third-order valence-electron chi connectivity index (χ3n) is 5.56. The Labute approximate surface area is 179 Å². The summed E-state index contributed by atoms with van der Waals surface area (Å²) in [6.07, 6.45) is 4.68. The molecule has 0 atom stereocenters. The minimum absolute atomic E-state index is 0.649. The number of benzene rings is 3. The average Bonchev–Trinajstić information content (AvgIpc) is 3.41. The maximum absolute atomic E-state index is 8.11. The molecule has 0 aliphatic rings. The molecule has 0 aliphatic carbocycles. The number of fused-ring (bicyclic) bond motifs is 1. The molecule has 29 heavy (non-hydrogen) atoms. The Morgan fingerprint density at radius 1 is 0.759 bits per heavy atom. The van der Waals surface area contributed by atoms with E-state index in [2.05, 4.69) is 88.8 Å². The maximum atomic E-state index is 8.11. The van der Waals surface area contributed by atoms with Crippen LogP contribution >= 0.6 is 28.5 Å². The van der Waals surface area contributed by atoms with Gasteiger partial charge in [-0.25, -0.2) is 0 Å². The van der Waals surface area contributed by atoms with Gasteiger partial charge in [0.1, 0.15) is 0 Å². The minimum atomic E-state index is -3.34. The van der Waals surface area contributed by atoms with Crippen molar-refractivity contribution in [3.63, 3.8) is 0 Å². The fourth-order valence-corrected chi connectivity index (χ4v) is 10.7. The van der Waals surface area contributed by atoms with Gasteiger partial charge in [-0.3, -0.25) is 0 Å². The van der Waals surface area contributed by atoms with Crippen LogP contribution in [0.25, 0.3) is 4.83 Å². The summed E-state index contributed by atoms with van der Waals surface area (Å²) in [7, 11) is 0. The number of rotatable bonds is 5. The molecular weight excluding hydrogens is 415 g/mol. The van der Waals surface area contributed by atoms with Crippen molar-refractivity contribution < 1.29 is 0 Å². The standard InChI is InChI=1S/C24H20ClN2PS/c25-28(20-10-4-1-5-11-20,21-12-6-2-7-13-21,22-14-8-3-9-15-22)19-23-26-18-24-27(23)16-17-29-24/h1-18H,19H2. The molecule has 0 saturated heterocycles. The molecule has 5 aromatic rings. The Kier molecular flexibility index (Phi) is 4.55. The first-order valence-electron chi connectivity index (χ1n) is 9.49. The van der Waals surface area contributed by atoms with Crippen LogP contribution in [0.5, 0.6) is 0 Å². The number of nitrogens with zero attached hydrogens (tertiary/aromatic N) is 2. The number of imidazole rings is 1. The molecule has 5 rings (SSSR count). The van der Waals surface area contributed by atoms with E-state index in [1.807, 2.05) is 24.4 Å². The molecule has 0 unspecified atom stereocenters. The van der Waals surface area contributed by atoms with Crippen molar-refractivity contribution in [2.45, 2.75) is 6.16 Å². The van der Waals surface area contributed by atoms with E-state index in [4.69, 9.17) is 16.2 Å². The van der Waals surface area contributed by atoms with Crippen molar-refractivity contribution in [3.05, 3.63) is 115 Å². The van der Waals surface area contributed by atoms with Gasteiger partial charge in [0, 0.05) is 0 Å². The molecule has 0 radical (unpaired) electrons. The molecule has 144 valence electrons. The molecule has 2 heterocycles. The second-order valence-electron chi connectivity index (χ2n) is 7.13. The number of hydrogen-bond acceptors (Lipinski definition) is 2. The van der Waals surface area contributed by atoms with Gasteiger partial charge in [0.15, 0.2) is 0 Å². The SMILES string of the molecule is ClP(Cc1ncc2sccn12)(c1ccccc1)(c1ccccc1)c1ccccc1. The van der Waals surface area contributed by atoms with Crippen LogP contribution in [0, 0.1) is 0 Å². The van der Waals surface area contributed by atoms with Gasteiger partial charge in [-0.05, 0) is 0 Å². The fourth-order valence-electron chi connectivity index (χ4n) is 4.11. The summed E-state index contributed by atoms with van der Waals surface area (Å²) < 4.78 is 2.17. The molecule has 0 aliphatic heterocycles. The van der Waals surface area contributed by atoms with Crippen molar-refractivity contribution in [3.8, 4) is 0 Å². The fraction of sp³-hybridized carbons (Fsp3) is 0.0417. The molecule has 2 nitrogen and oxygen atoms in total. The normalized spacial score (nSPS) is 13.2. The Bertz CT molecular complexity index is 1150. The summed E-state index contributed by atoms with van der Waals surface area (Å²) in [6.45, 7) is 0. The summed E-state index contributed by atoms with van der Waals surface area (Å²) >= 11 is 9.81. The summed E-state index contributed by atoms with van der Waals surface area (Å²) in [4.78, 5) is 5.92. The predicted molar refractivity (Wildman–Crippen MR) is 128 cm³/mol. The monoisotopic (exact) mass is 434 g/mol. The summed E-state index contributed by atoms with van der Waals surface area (Å²) in [6, 6.07) is 31.6. The zero-order chi connectivity index (χ0) is 19.8. The van der Waals surface area contributed by atoms with Crippen molar-refractivity contribution in [1.82, 2.24) is 9.38 Å². The molecule has 0 amide bonds. The molecule has 0 spiro atoms. The van der Waals surface area contributed by atoms with E-state index >= 15 is 0 Å². The van der Waals surface area contributed by atoms with Crippen LogP contribution in [-0.2, 0) is 6.16 Å². The summed E-state index contributed by atoms with van der Waals surface area (Å²) in [5.74, 6) is -2.35. The Morgan fingerprint density at radius 3 is 1.72 bits per heavy atom. The van der Waals surface area contributed by atoms with Gasteiger partial charge in [0.05, 0.1) is 0 Å². The number of hydrogen-bond donors (Lipinski definition) is 0. The molecule has 3 aromatic carbocycles. The van der Waals surface area contributed by atoms with Gasteiger partial charge in [-0.1, -0.05) is 0 Å². The van der Waals surface area contributed by atoms with E-state index in [0.717, 1.165) is 26.6 Å². The average molecular weight is 435 g/mol. The van der Waals surface area contributed by atoms with E-state index < -0.39 is 5.96 Å². The van der Waals surface area contributed by atoms with E-state index in [-0.39, 0.29) is 0 Å². The Hall–Kier alpha value is -2.45. The van der Waals surface area contributed by atoms with Crippen molar-refractivity contribution in [2.75, 3.05) is 0 Å². The second-order valence-corrected chi connectivity index (χ2v) is 14.5. The van der Waals surface area contributed by atoms with E-state index in [1.165, 1.54) is 0 Å². The van der Waals surface area contributed by atoms with Gasteiger partial charge in [0.25, 0.3) is 0 Å². The molecule has 0 N–H and O–H groups in total.